The fourth-order valence-electron chi connectivity index (χ4n) is 5.05. The van der Waals surface area contributed by atoms with Crippen LogP contribution >= 0.6 is 0 Å². The van der Waals surface area contributed by atoms with Gasteiger partial charge in [0.1, 0.15) is 6.10 Å². The Hall–Kier alpha value is -1.85. The maximum atomic E-state index is 12.8. The van der Waals surface area contributed by atoms with Crippen LogP contribution in [0.1, 0.15) is 57.2 Å². The van der Waals surface area contributed by atoms with Gasteiger partial charge in [-0.05, 0) is 64.8 Å². The van der Waals surface area contributed by atoms with E-state index in [-0.39, 0.29) is 11.9 Å². The summed E-state index contributed by atoms with van der Waals surface area (Å²) in [5.41, 5.74) is 4.10. The maximum Gasteiger partial charge on any atom is 0.310 e. The molecule has 1 aromatic carbocycles. The summed E-state index contributed by atoms with van der Waals surface area (Å²) in [6, 6.07) is 7.45. The van der Waals surface area contributed by atoms with E-state index < -0.39 is 12.2 Å². The first kappa shape index (κ1) is 19.5. The molecule has 2 aliphatic rings. The van der Waals surface area contributed by atoms with Gasteiger partial charge in [-0.15, -0.1) is 0 Å². The molecule has 2 heterocycles. The van der Waals surface area contributed by atoms with E-state index in [2.05, 4.69) is 54.8 Å². The lowest BCUT2D eigenvalue weighted by Gasteiger charge is -2.45. The Labute approximate surface area is 167 Å². The number of carbonyl (C=O) groups excluding carboxylic acids is 1. The molecule has 0 radical (unpaired) electrons. The van der Waals surface area contributed by atoms with E-state index >= 15 is 0 Å². The Morgan fingerprint density at radius 3 is 2.68 bits per heavy atom. The van der Waals surface area contributed by atoms with E-state index in [1.54, 1.807) is 13.8 Å². The number of fused-ring (bicyclic) bond motifs is 2. The van der Waals surface area contributed by atoms with E-state index in [0.29, 0.717) is 24.5 Å². The van der Waals surface area contributed by atoms with Crippen LogP contribution in [0.15, 0.2) is 24.4 Å². The minimum Gasteiger partial charge on any atom is -0.460 e. The van der Waals surface area contributed by atoms with Crippen molar-refractivity contribution >= 4 is 16.9 Å². The van der Waals surface area contributed by atoms with Crippen molar-refractivity contribution < 1.29 is 14.6 Å². The zero-order valence-electron chi connectivity index (χ0n) is 17.6. The Balaban J connectivity index is 1.67. The van der Waals surface area contributed by atoms with Gasteiger partial charge in [-0.3, -0.25) is 4.79 Å². The molecule has 152 valence electrons. The maximum absolute atomic E-state index is 12.8. The molecule has 0 amide bonds. The Kier molecular flexibility index (Phi) is 5.00. The number of nitrogens with zero attached hydrogens (tertiary/aromatic N) is 2. The van der Waals surface area contributed by atoms with Crippen molar-refractivity contribution in [2.45, 2.75) is 70.7 Å². The van der Waals surface area contributed by atoms with E-state index in [9.17, 15) is 9.90 Å². The summed E-state index contributed by atoms with van der Waals surface area (Å²) in [6.07, 6.45) is 3.04. The molecule has 28 heavy (non-hydrogen) atoms. The number of ether oxygens (including phenoxy) is 1. The number of carbonyl (C=O) groups is 1. The molecular weight excluding hydrogens is 352 g/mol. The van der Waals surface area contributed by atoms with Crippen molar-refractivity contribution in [3.05, 3.63) is 35.5 Å². The van der Waals surface area contributed by atoms with Gasteiger partial charge >= 0.3 is 5.97 Å². The predicted molar refractivity (Wildman–Crippen MR) is 111 cm³/mol. The fraction of sp³-hybridized carbons (Fsp3) is 0.609. The number of likely N-dealkylation sites (tertiary alicyclic amines) is 1. The molecule has 1 aromatic heterocycles. The summed E-state index contributed by atoms with van der Waals surface area (Å²) < 4.78 is 7.91. The van der Waals surface area contributed by atoms with Gasteiger partial charge in [-0.1, -0.05) is 12.1 Å². The van der Waals surface area contributed by atoms with Crippen molar-refractivity contribution in [2.24, 2.45) is 5.92 Å². The standard InChI is InChI=1S/C23H32N2O3/c1-13(2)25-12-16-10-21-19(18-7-6-8-20(25)22(16)18)9-17(11-24(21)5)23(27)28-15(4)14(3)26/h6-8,12-15,17,19,21,26H,9-11H2,1-5H3/t14?,15?,17-,19?,21?/m1/s1. The number of benzene rings is 1. The van der Waals surface area contributed by atoms with Gasteiger partial charge in [0.15, 0.2) is 0 Å². The Morgan fingerprint density at radius 2 is 2.00 bits per heavy atom. The molecule has 1 fully saturated rings. The molecule has 1 saturated heterocycles. The number of aliphatic hydroxyl groups is 1. The van der Waals surface area contributed by atoms with Crippen LogP contribution in [0.25, 0.3) is 10.9 Å². The van der Waals surface area contributed by atoms with Gasteiger partial charge in [0.25, 0.3) is 0 Å². The third-order valence-corrected chi connectivity index (χ3v) is 6.75. The summed E-state index contributed by atoms with van der Waals surface area (Å²) in [5.74, 6) is -0.00904. The third kappa shape index (κ3) is 3.15. The summed E-state index contributed by atoms with van der Waals surface area (Å²) in [4.78, 5) is 15.1. The molecule has 4 rings (SSSR count). The SMILES string of the molecule is CC(O)C(C)OC(=O)[C@@H]1CC2c3cccc4c3c(cn4C(C)C)CC2N(C)C1. The molecular formula is C23H32N2O3. The first-order valence-electron chi connectivity index (χ1n) is 10.5. The molecule has 1 aliphatic heterocycles. The predicted octanol–water partition coefficient (Wildman–Crippen LogP) is 3.49. The van der Waals surface area contributed by atoms with Crippen LogP contribution in [0.3, 0.4) is 0 Å². The second-order valence-electron chi connectivity index (χ2n) is 9.03. The number of aliphatic hydroxyl groups excluding tert-OH is 1. The molecule has 2 aromatic rings. The molecule has 0 saturated carbocycles. The average molecular weight is 385 g/mol. The Morgan fingerprint density at radius 1 is 1.25 bits per heavy atom. The van der Waals surface area contributed by atoms with Crippen LogP contribution in [-0.4, -0.2) is 52.4 Å². The average Bonchev–Trinajstić information content (AvgIpc) is 3.02. The summed E-state index contributed by atoms with van der Waals surface area (Å²) in [7, 11) is 2.12. The van der Waals surface area contributed by atoms with Crippen molar-refractivity contribution in [2.75, 3.05) is 13.6 Å². The van der Waals surface area contributed by atoms with Crippen molar-refractivity contribution in [3.8, 4) is 0 Å². The highest BCUT2D eigenvalue weighted by Gasteiger charge is 2.42. The van der Waals surface area contributed by atoms with E-state index in [1.165, 1.54) is 22.0 Å². The van der Waals surface area contributed by atoms with Gasteiger partial charge in [0.2, 0.25) is 0 Å². The van der Waals surface area contributed by atoms with Crippen LogP contribution in [0.4, 0.5) is 0 Å². The van der Waals surface area contributed by atoms with Crippen molar-refractivity contribution in [1.82, 2.24) is 9.47 Å². The van der Waals surface area contributed by atoms with Crippen LogP contribution < -0.4 is 0 Å². The van der Waals surface area contributed by atoms with Crippen molar-refractivity contribution in [3.63, 3.8) is 0 Å². The van der Waals surface area contributed by atoms with Gasteiger partial charge < -0.3 is 19.3 Å². The van der Waals surface area contributed by atoms with Crippen LogP contribution in [0, 0.1) is 5.92 Å². The molecule has 0 spiro atoms. The molecule has 1 N–H and O–H groups in total. The second-order valence-corrected chi connectivity index (χ2v) is 9.03. The van der Waals surface area contributed by atoms with Gasteiger partial charge in [0.05, 0.1) is 12.0 Å². The number of rotatable bonds is 4. The van der Waals surface area contributed by atoms with Crippen LogP contribution in [0.2, 0.25) is 0 Å². The molecule has 5 nitrogen and oxygen atoms in total. The minimum absolute atomic E-state index is 0.156. The topological polar surface area (TPSA) is 54.7 Å². The number of esters is 1. The number of hydrogen-bond acceptors (Lipinski definition) is 4. The zero-order chi connectivity index (χ0) is 20.2. The highest BCUT2D eigenvalue weighted by Crippen LogP contribution is 2.45. The van der Waals surface area contributed by atoms with Crippen molar-refractivity contribution in [1.29, 1.82) is 0 Å². The summed E-state index contributed by atoms with van der Waals surface area (Å²) >= 11 is 0. The van der Waals surface area contributed by atoms with E-state index in [4.69, 9.17) is 4.74 Å². The summed E-state index contributed by atoms with van der Waals surface area (Å²) in [6.45, 7) is 8.57. The first-order valence-corrected chi connectivity index (χ1v) is 10.5. The normalized spacial score (nSPS) is 26.9. The van der Waals surface area contributed by atoms with Crippen LogP contribution in [-0.2, 0) is 16.0 Å². The van der Waals surface area contributed by atoms with Gasteiger partial charge in [-0.25, -0.2) is 0 Å². The number of likely N-dealkylation sites (N-methyl/N-ethyl adjacent to an activating group) is 1. The minimum atomic E-state index is -0.653. The highest BCUT2D eigenvalue weighted by atomic mass is 16.6. The van der Waals surface area contributed by atoms with Gasteiger partial charge in [-0.2, -0.15) is 0 Å². The molecule has 5 heteroatoms. The quantitative estimate of drug-likeness (QED) is 0.820. The molecule has 5 atom stereocenters. The zero-order valence-corrected chi connectivity index (χ0v) is 17.6. The molecule has 1 aliphatic carbocycles. The monoisotopic (exact) mass is 384 g/mol. The number of piperidine rings is 1. The number of aromatic nitrogens is 1. The lowest BCUT2D eigenvalue weighted by Crippen LogP contribution is -2.50. The number of hydrogen-bond donors (Lipinski definition) is 1. The highest BCUT2D eigenvalue weighted by molar-refractivity contribution is 5.89. The molecule has 4 unspecified atom stereocenters. The lowest BCUT2D eigenvalue weighted by atomic mass is 9.72. The Bertz CT molecular complexity index is 885. The van der Waals surface area contributed by atoms with E-state index in [0.717, 1.165) is 12.8 Å². The van der Waals surface area contributed by atoms with Gasteiger partial charge in [0, 0.05) is 41.6 Å². The van der Waals surface area contributed by atoms with Crippen LogP contribution in [0.5, 0.6) is 0 Å². The molecule has 0 bridgehead atoms. The largest absolute Gasteiger partial charge is 0.460 e. The third-order valence-electron chi connectivity index (χ3n) is 6.75. The van der Waals surface area contributed by atoms with E-state index in [1.807, 2.05) is 0 Å². The fourth-order valence-corrected chi connectivity index (χ4v) is 5.05. The smallest absolute Gasteiger partial charge is 0.310 e. The second kappa shape index (κ2) is 7.20. The first-order chi connectivity index (χ1) is 13.3. The lowest BCUT2D eigenvalue weighted by molar-refractivity contribution is -0.160. The summed E-state index contributed by atoms with van der Waals surface area (Å²) in [5, 5.41) is 11.1.